The van der Waals surface area contributed by atoms with Crippen molar-refractivity contribution in [1.82, 2.24) is 15.2 Å². The molecule has 0 aliphatic heterocycles. The van der Waals surface area contributed by atoms with Crippen LogP contribution in [0.15, 0.2) is 24.4 Å². The van der Waals surface area contributed by atoms with Crippen molar-refractivity contribution in [1.29, 1.82) is 0 Å². The first kappa shape index (κ1) is 14.4. The van der Waals surface area contributed by atoms with Crippen LogP contribution in [0.25, 0.3) is 0 Å². The minimum absolute atomic E-state index is 0.503. The average molecular weight is 301 g/mol. The van der Waals surface area contributed by atoms with Gasteiger partial charge < -0.3 is 20.1 Å². The van der Waals surface area contributed by atoms with Crippen LogP contribution in [0.3, 0.4) is 0 Å². The van der Waals surface area contributed by atoms with Crippen molar-refractivity contribution in [2.24, 2.45) is 0 Å². The van der Waals surface area contributed by atoms with Crippen LogP contribution in [0, 0.1) is 0 Å². The van der Waals surface area contributed by atoms with Crippen molar-refractivity contribution in [3.8, 4) is 11.5 Å². The number of anilines is 2. The number of methoxy groups -OCH3 is 2. The van der Waals surface area contributed by atoms with Gasteiger partial charge in [-0.15, -0.1) is 5.10 Å². The first-order valence-electron chi connectivity index (χ1n) is 7.19. The first-order chi connectivity index (χ1) is 10.8. The van der Waals surface area contributed by atoms with E-state index >= 15 is 0 Å². The molecule has 1 aliphatic carbocycles. The van der Waals surface area contributed by atoms with Gasteiger partial charge in [-0.05, 0) is 30.5 Å². The Kier molecular flexibility index (Phi) is 4.22. The number of rotatable bonds is 7. The topological polar surface area (TPSA) is 81.2 Å². The third-order valence-corrected chi connectivity index (χ3v) is 3.39. The van der Waals surface area contributed by atoms with E-state index in [0.29, 0.717) is 35.9 Å². The molecule has 7 heteroatoms. The maximum Gasteiger partial charge on any atom is 0.244 e. The van der Waals surface area contributed by atoms with Gasteiger partial charge in [-0.1, -0.05) is 6.07 Å². The summed E-state index contributed by atoms with van der Waals surface area (Å²) in [5.41, 5.74) is 1.06. The predicted molar refractivity (Wildman–Crippen MR) is 83.3 cm³/mol. The van der Waals surface area contributed by atoms with Crippen molar-refractivity contribution >= 4 is 11.8 Å². The molecule has 1 aromatic carbocycles. The molecule has 3 rings (SSSR count). The molecule has 1 heterocycles. The van der Waals surface area contributed by atoms with E-state index in [1.165, 1.54) is 12.8 Å². The fraction of sp³-hybridized carbons (Fsp3) is 0.400. The maximum atomic E-state index is 5.30. The molecule has 1 saturated carbocycles. The molecule has 2 N–H and O–H groups in total. The number of aromatic nitrogens is 3. The smallest absolute Gasteiger partial charge is 0.244 e. The zero-order valence-corrected chi connectivity index (χ0v) is 12.7. The predicted octanol–water partition coefficient (Wildman–Crippen LogP) is 2.08. The number of hydrogen-bond acceptors (Lipinski definition) is 7. The largest absolute Gasteiger partial charge is 0.493 e. The molecule has 2 aromatic rings. The second-order valence-corrected chi connectivity index (χ2v) is 5.13. The molecule has 0 bridgehead atoms. The van der Waals surface area contributed by atoms with Gasteiger partial charge in [0.15, 0.2) is 17.3 Å². The Hall–Kier alpha value is -2.57. The van der Waals surface area contributed by atoms with Gasteiger partial charge in [-0.3, -0.25) is 0 Å². The van der Waals surface area contributed by atoms with Gasteiger partial charge in [0.05, 0.1) is 20.4 Å². The van der Waals surface area contributed by atoms with E-state index in [1.807, 2.05) is 18.2 Å². The second kappa shape index (κ2) is 6.46. The van der Waals surface area contributed by atoms with Crippen LogP contribution >= 0.6 is 0 Å². The number of benzene rings is 1. The molecule has 1 aromatic heterocycles. The van der Waals surface area contributed by atoms with E-state index in [9.17, 15) is 0 Å². The highest BCUT2D eigenvalue weighted by molar-refractivity contribution is 5.45. The van der Waals surface area contributed by atoms with Crippen molar-refractivity contribution in [3.05, 3.63) is 30.0 Å². The van der Waals surface area contributed by atoms with Crippen LogP contribution in [0.4, 0.5) is 11.8 Å². The lowest BCUT2D eigenvalue weighted by molar-refractivity contribution is 0.354. The minimum Gasteiger partial charge on any atom is -0.493 e. The summed E-state index contributed by atoms with van der Waals surface area (Å²) in [7, 11) is 3.25. The standard InChI is InChI=1S/C15H19N5O2/c1-21-12-6-3-10(7-13(12)22-2)8-16-14-9-17-20-15(19-14)18-11-4-5-11/h3,6-7,9,11H,4-5,8H2,1-2H3,(H2,16,18,19,20). The van der Waals surface area contributed by atoms with Gasteiger partial charge in [0.2, 0.25) is 5.95 Å². The summed E-state index contributed by atoms with van der Waals surface area (Å²) in [5, 5.41) is 14.4. The Morgan fingerprint density at radius 2 is 2.00 bits per heavy atom. The van der Waals surface area contributed by atoms with Crippen molar-refractivity contribution in [2.45, 2.75) is 25.4 Å². The normalized spacial score (nSPS) is 13.5. The summed E-state index contributed by atoms with van der Waals surface area (Å²) >= 11 is 0. The van der Waals surface area contributed by atoms with Crippen LogP contribution in [0.5, 0.6) is 11.5 Å². The highest BCUT2D eigenvalue weighted by Gasteiger charge is 2.22. The molecule has 0 radical (unpaired) electrons. The van der Waals surface area contributed by atoms with Crippen LogP contribution in [0.2, 0.25) is 0 Å². The van der Waals surface area contributed by atoms with Gasteiger partial charge in [-0.25, -0.2) is 0 Å². The Labute approximate surface area is 129 Å². The minimum atomic E-state index is 0.503. The van der Waals surface area contributed by atoms with Gasteiger partial charge >= 0.3 is 0 Å². The summed E-state index contributed by atoms with van der Waals surface area (Å²) in [4.78, 5) is 4.39. The maximum absolute atomic E-state index is 5.30. The fourth-order valence-electron chi connectivity index (χ4n) is 2.04. The molecule has 1 aliphatic rings. The lowest BCUT2D eigenvalue weighted by Gasteiger charge is -2.11. The number of ether oxygens (including phenoxy) is 2. The molecule has 1 fully saturated rings. The SMILES string of the molecule is COc1ccc(CNc2cnnc(NC3CC3)n2)cc1OC. The lowest BCUT2D eigenvalue weighted by atomic mass is 10.2. The summed E-state index contributed by atoms with van der Waals surface area (Å²) in [5.74, 6) is 2.68. The van der Waals surface area contributed by atoms with E-state index in [4.69, 9.17) is 9.47 Å². The van der Waals surface area contributed by atoms with Crippen LogP contribution in [-0.4, -0.2) is 35.4 Å². The molecule has 7 nitrogen and oxygen atoms in total. The van der Waals surface area contributed by atoms with Gasteiger partial charge in [0, 0.05) is 12.6 Å². The molecular formula is C15H19N5O2. The molecule has 22 heavy (non-hydrogen) atoms. The zero-order valence-electron chi connectivity index (χ0n) is 12.7. The molecule has 0 unspecified atom stereocenters. The summed E-state index contributed by atoms with van der Waals surface area (Å²) in [6, 6.07) is 6.30. The third kappa shape index (κ3) is 3.55. The van der Waals surface area contributed by atoms with E-state index in [2.05, 4.69) is 25.8 Å². The van der Waals surface area contributed by atoms with Crippen molar-refractivity contribution in [2.75, 3.05) is 24.9 Å². The van der Waals surface area contributed by atoms with Gasteiger partial charge in [0.25, 0.3) is 0 Å². The fourth-order valence-corrected chi connectivity index (χ4v) is 2.04. The summed E-state index contributed by atoms with van der Waals surface area (Å²) in [6.07, 6.45) is 3.96. The highest BCUT2D eigenvalue weighted by atomic mass is 16.5. The number of nitrogens with one attached hydrogen (secondary N) is 2. The van der Waals surface area contributed by atoms with Gasteiger partial charge in [-0.2, -0.15) is 10.1 Å². The summed E-state index contributed by atoms with van der Waals surface area (Å²) < 4.78 is 10.5. The Morgan fingerprint density at radius 3 is 2.73 bits per heavy atom. The Balaban J connectivity index is 1.64. The third-order valence-electron chi connectivity index (χ3n) is 3.39. The van der Waals surface area contributed by atoms with Crippen LogP contribution in [-0.2, 0) is 6.54 Å². The summed E-state index contributed by atoms with van der Waals surface area (Å²) in [6.45, 7) is 0.613. The van der Waals surface area contributed by atoms with E-state index in [0.717, 1.165) is 5.56 Å². The number of nitrogens with zero attached hydrogens (tertiary/aromatic N) is 3. The monoisotopic (exact) mass is 301 g/mol. The second-order valence-electron chi connectivity index (χ2n) is 5.13. The quantitative estimate of drug-likeness (QED) is 0.810. The molecule has 0 saturated heterocycles. The first-order valence-corrected chi connectivity index (χ1v) is 7.19. The van der Waals surface area contributed by atoms with Crippen LogP contribution < -0.4 is 20.1 Å². The Bertz CT molecular complexity index is 646. The number of hydrogen-bond donors (Lipinski definition) is 2. The molecule has 116 valence electrons. The van der Waals surface area contributed by atoms with Gasteiger partial charge in [0.1, 0.15) is 0 Å². The van der Waals surface area contributed by atoms with E-state index in [-0.39, 0.29) is 0 Å². The molecule has 0 amide bonds. The molecular weight excluding hydrogens is 282 g/mol. The van der Waals surface area contributed by atoms with Crippen LogP contribution in [0.1, 0.15) is 18.4 Å². The van der Waals surface area contributed by atoms with E-state index < -0.39 is 0 Å². The lowest BCUT2D eigenvalue weighted by Crippen LogP contribution is -2.09. The zero-order chi connectivity index (χ0) is 15.4. The molecule has 0 spiro atoms. The average Bonchev–Trinajstić information content (AvgIpc) is 3.37. The van der Waals surface area contributed by atoms with Crippen molar-refractivity contribution < 1.29 is 9.47 Å². The Morgan fingerprint density at radius 1 is 1.18 bits per heavy atom. The highest BCUT2D eigenvalue weighted by Crippen LogP contribution is 2.27. The van der Waals surface area contributed by atoms with Crippen molar-refractivity contribution in [3.63, 3.8) is 0 Å². The van der Waals surface area contributed by atoms with E-state index in [1.54, 1.807) is 20.4 Å². The molecule has 0 atom stereocenters.